The Morgan fingerprint density at radius 2 is 0.892 bits per heavy atom. The SMILES string of the molecule is NC(c1ccccc1)c1ccc(Cl)cc1.O=C(NC(c1ccccc1)c1ccc(Cl)cc1)C1CCN(CCOc2ccccc2)CC1.O=C(O)C1CCN(CCOc2ccccc2)CC1. The fourth-order valence-electron chi connectivity index (χ4n) is 7.88. The van der Waals surface area contributed by atoms with Gasteiger partial charge in [-0.15, -0.1) is 0 Å². The van der Waals surface area contributed by atoms with Crippen molar-refractivity contribution in [2.45, 2.75) is 37.8 Å². The highest BCUT2D eigenvalue weighted by atomic mass is 35.5. The topological polar surface area (TPSA) is 117 Å². The number of nitrogens with one attached hydrogen (secondary N) is 1. The van der Waals surface area contributed by atoms with Gasteiger partial charge >= 0.3 is 5.97 Å². The van der Waals surface area contributed by atoms with Crippen LogP contribution in [0.1, 0.15) is 60.0 Å². The van der Waals surface area contributed by atoms with Crippen molar-refractivity contribution in [3.05, 3.63) is 202 Å². The molecule has 2 heterocycles. The van der Waals surface area contributed by atoms with Gasteiger partial charge in [0, 0.05) is 29.1 Å². The molecule has 2 aliphatic heterocycles. The van der Waals surface area contributed by atoms with Crippen LogP contribution in [0.4, 0.5) is 0 Å². The summed E-state index contributed by atoms with van der Waals surface area (Å²) < 4.78 is 11.4. The second-order valence-corrected chi connectivity index (χ2v) is 17.1. The number of carbonyl (C=O) groups excluding carboxylic acids is 1. The first-order chi connectivity index (χ1) is 31.7. The predicted octanol–water partition coefficient (Wildman–Crippen LogP) is 10.6. The number of rotatable bonds is 15. The molecule has 6 aromatic carbocycles. The molecule has 2 unspecified atom stereocenters. The number of para-hydroxylation sites is 2. The molecule has 0 saturated carbocycles. The summed E-state index contributed by atoms with van der Waals surface area (Å²) in [4.78, 5) is 28.6. The lowest BCUT2D eigenvalue weighted by Crippen LogP contribution is -2.42. The van der Waals surface area contributed by atoms with Crippen LogP contribution in [0.2, 0.25) is 10.0 Å². The van der Waals surface area contributed by atoms with E-state index in [-0.39, 0.29) is 29.8 Å². The van der Waals surface area contributed by atoms with Crippen LogP contribution in [0.25, 0.3) is 0 Å². The number of halogens is 2. The number of piperidine rings is 2. The van der Waals surface area contributed by atoms with E-state index in [4.69, 9.17) is 43.5 Å². The summed E-state index contributed by atoms with van der Waals surface area (Å²) >= 11 is 11.9. The second kappa shape index (κ2) is 26.3. The van der Waals surface area contributed by atoms with Gasteiger partial charge in [-0.1, -0.05) is 145 Å². The van der Waals surface area contributed by atoms with Gasteiger partial charge in [-0.3, -0.25) is 19.4 Å². The molecule has 8 rings (SSSR count). The standard InChI is InChI=1S/C27H29ClN2O2.C14H19NO3.C13H12ClN/c28-24-13-11-22(12-14-24)26(21-7-3-1-4-8-21)29-27(31)23-15-17-30(18-16-23)19-20-32-25-9-5-2-6-10-25;16-14(17)12-6-8-15(9-7-12)10-11-18-13-4-2-1-3-5-13;14-12-8-6-11(7-9-12)13(15)10-4-2-1-3-5-10/h1-14,23,26H,15-20H2,(H,29,31);1-5,12H,6-11H2,(H,16,17);1-9,13H,15H2. The highest BCUT2D eigenvalue weighted by Crippen LogP contribution is 2.26. The van der Waals surface area contributed by atoms with Gasteiger partial charge in [-0.25, -0.2) is 0 Å². The first kappa shape index (κ1) is 48.8. The number of carbonyl (C=O) groups is 2. The predicted molar refractivity (Wildman–Crippen MR) is 262 cm³/mol. The van der Waals surface area contributed by atoms with Crippen molar-refractivity contribution in [3.63, 3.8) is 0 Å². The van der Waals surface area contributed by atoms with Crippen LogP contribution in [-0.4, -0.2) is 79.3 Å². The number of ether oxygens (including phenoxy) is 2. The third-order valence-corrected chi connectivity index (χ3v) is 12.2. The summed E-state index contributed by atoms with van der Waals surface area (Å²) in [7, 11) is 0. The van der Waals surface area contributed by atoms with E-state index in [1.807, 2.05) is 158 Å². The lowest BCUT2D eigenvalue weighted by molar-refractivity contribution is -0.143. The van der Waals surface area contributed by atoms with Gasteiger partial charge in [-0.2, -0.15) is 0 Å². The van der Waals surface area contributed by atoms with Crippen molar-refractivity contribution in [2.75, 3.05) is 52.5 Å². The number of carboxylic acid groups (broad SMARTS) is 1. The molecule has 0 aromatic heterocycles. The van der Waals surface area contributed by atoms with E-state index >= 15 is 0 Å². The minimum atomic E-state index is -0.657. The summed E-state index contributed by atoms with van der Waals surface area (Å²) in [5.74, 6) is 1.12. The highest BCUT2D eigenvalue weighted by molar-refractivity contribution is 6.30. The molecule has 0 bridgehead atoms. The number of hydrogen-bond donors (Lipinski definition) is 3. The minimum absolute atomic E-state index is 0.0276. The molecular formula is C54H60Cl2N4O5. The number of amides is 1. The number of nitrogens with two attached hydrogens (primary N) is 1. The molecule has 6 aromatic rings. The van der Waals surface area contributed by atoms with E-state index < -0.39 is 5.97 Å². The van der Waals surface area contributed by atoms with Crippen molar-refractivity contribution in [2.24, 2.45) is 17.6 Å². The van der Waals surface area contributed by atoms with Crippen LogP contribution in [0.3, 0.4) is 0 Å². The maximum Gasteiger partial charge on any atom is 0.306 e. The fraction of sp³-hybridized carbons (Fsp3) is 0.296. The largest absolute Gasteiger partial charge is 0.492 e. The lowest BCUT2D eigenvalue weighted by Gasteiger charge is -2.32. The summed E-state index contributed by atoms with van der Waals surface area (Å²) in [5.41, 5.74) is 10.4. The Balaban J connectivity index is 0.000000178. The Bertz CT molecular complexity index is 2260. The summed E-state index contributed by atoms with van der Waals surface area (Å²) in [5, 5.41) is 13.6. The van der Waals surface area contributed by atoms with Crippen LogP contribution in [-0.2, 0) is 9.59 Å². The summed E-state index contributed by atoms with van der Waals surface area (Å²) in [6, 6.07) is 54.8. The molecule has 2 fully saturated rings. The van der Waals surface area contributed by atoms with Crippen LogP contribution in [0.15, 0.2) is 170 Å². The van der Waals surface area contributed by atoms with E-state index in [1.54, 1.807) is 0 Å². The van der Waals surface area contributed by atoms with Gasteiger partial charge in [-0.05, 0) is 123 Å². The normalized spacial score (nSPS) is 15.5. The molecule has 2 atom stereocenters. The highest BCUT2D eigenvalue weighted by Gasteiger charge is 2.28. The van der Waals surface area contributed by atoms with E-state index in [0.29, 0.717) is 18.2 Å². The molecule has 2 aliphatic rings. The van der Waals surface area contributed by atoms with E-state index in [1.165, 1.54) is 0 Å². The van der Waals surface area contributed by atoms with Gasteiger partial charge in [0.15, 0.2) is 0 Å². The van der Waals surface area contributed by atoms with Gasteiger partial charge in [0.05, 0.1) is 18.0 Å². The number of benzene rings is 6. The van der Waals surface area contributed by atoms with Crippen LogP contribution < -0.4 is 20.5 Å². The molecule has 65 heavy (non-hydrogen) atoms. The second-order valence-electron chi connectivity index (χ2n) is 16.2. The first-order valence-corrected chi connectivity index (χ1v) is 23.2. The van der Waals surface area contributed by atoms with Crippen LogP contribution in [0, 0.1) is 11.8 Å². The number of carboxylic acids is 1. The molecule has 9 nitrogen and oxygen atoms in total. The van der Waals surface area contributed by atoms with Crippen molar-refractivity contribution in [1.82, 2.24) is 15.1 Å². The zero-order valence-electron chi connectivity index (χ0n) is 36.8. The minimum Gasteiger partial charge on any atom is -0.492 e. The molecule has 340 valence electrons. The van der Waals surface area contributed by atoms with Crippen LogP contribution in [0.5, 0.6) is 11.5 Å². The van der Waals surface area contributed by atoms with Crippen molar-refractivity contribution >= 4 is 35.1 Å². The summed E-state index contributed by atoms with van der Waals surface area (Å²) in [6.45, 7) is 6.59. The monoisotopic (exact) mass is 914 g/mol. The Kier molecular flexibility index (Phi) is 19.7. The maximum absolute atomic E-state index is 13.1. The van der Waals surface area contributed by atoms with Gasteiger partial charge in [0.2, 0.25) is 5.91 Å². The molecule has 0 aliphatic carbocycles. The number of hydrogen-bond acceptors (Lipinski definition) is 7. The van der Waals surface area contributed by atoms with Gasteiger partial charge < -0.3 is 25.6 Å². The molecule has 4 N–H and O–H groups in total. The Morgan fingerprint density at radius 1 is 0.538 bits per heavy atom. The summed E-state index contributed by atoms with van der Waals surface area (Å²) in [6.07, 6.45) is 3.22. The molecule has 11 heteroatoms. The van der Waals surface area contributed by atoms with Crippen molar-refractivity contribution in [3.8, 4) is 11.5 Å². The smallest absolute Gasteiger partial charge is 0.306 e. The third kappa shape index (κ3) is 16.4. The average molecular weight is 916 g/mol. The Morgan fingerprint density at radius 3 is 1.32 bits per heavy atom. The number of nitrogens with zero attached hydrogens (tertiary/aromatic N) is 2. The molecule has 1 amide bonds. The van der Waals surface area contributed by atoms with Crippen LogP contribution >= 0.6 is 23.2 Å². The van der Waals surface area contributed by atoms with Gasteiger partial charge in [0.25, 0.3) is 0 Å². The Hall–Kier alpha value is -5.68. The molecule has 2 saturated heterocycles. The fourth-order valence-corrected chi connectivity index (χ4v) is 8.14. The van der Waals surface area contributed by atoms with E-state index in [9.17, 15) is 9.59 Å². The van der Waals surface area contributed by atoms with Crippen molar-refractivity contribution < 1.29 is 24.2 Å². The molecule has 0 spiro atoms. The maximum atomic E-state index is 13.1. The Labute approximate surface area is 394 Å². The average Bonchev–Trinajstić information content (AvgIpc) is 3.35. The number of aliphatic carboxylic acids is 1. The third-order valence-electron chi connectivity index (χ3n) is 11.7. The molecular weight excluding hydrogens is 856 g/mol. The van der Waals surface area contributed by atoms with E-state index in [0.717, 1.165) is 104 Å². The quantitative estimate of drug-likeness (QED) is 0.0933. The lowest BCUT2D eigenvalue weighted by atomic mass is 9.93. The zero-order valence-corrected chi connectivity index (χ0v) is 38.3. The molecule has 0 radical (unpaired) electrons. The van der Waals surface area contributed by atoms with Crippen molar-refractivity contribution in [1.29, 1.82) is 0 Å². The van der Waals surface area contributed by atoms with E-state index in [2.05, 4.69) is 27.2 Å². The number of likely N-dealkylation sites (tertiary alicyclic amines) is 2. The van der Waals surface area contributed by atoms with Gasteiger partial charge in [0.1, 0.15) is 24.7 Å². The zero-order chi connectivity index (χ0) is 45.6. The first-order valence-electron chi connectivity index (χ1n) is 22.4.